The summed E-state index contributed by atoms with van der Waals surface area (Å²) in [7, 11) is 1.78. The van der Waals surface area contributed by atoms with E-state index in [0.29, 0.717) is 5.69 Å². The van der Waals surface area contributed by atoms with Crippen molar-refractivity contribution in [1.82, 2.24) is 9.78 Å². The van der Waals surface area contributed by atoms with E-state index >= 15 is 0 Å². The van der Waals surface area contributed by atoms with Gasteiger partial charge in [0.1, 0.15) is 5.69 Å². The van der Waals surface area contributed by atoms with Crippen molar-refractivity contribution >= 4 is 27.5 Å². The molecule has 0 spiro atoms. The van der Waals surface area contributed by atoms with Gasteiger partial charge in [0.15, 0.2) is 0 Å². The summed E-state index contributed by atoms with van der Waals surface area (Å²) >= 11 is 3.54. The fourth-order valence-corrected chi connectivity index (χ4v) is 2.46. The third-order valence-electron chi connectivity index (χ3n) is 3.16. The van der Waals surface area contributed by atoms with Crippen LogP contribution in [0.4, 0.5) is 5.69 Å². The highest BCUT2D eigenvalue weighted by Crippen LogP contribution is 2.28. The Morgan fingerprint density at radius 2 is 2.15 bits per heavy atom. The van der Waals surface area contributed by atoms with Gasteiger partial charge in [-0.2, -0.15) is 5.10 Å². The number of aromatic nitrogens is 2. The lowest BCUT2D eigenvalue weighted by atomic mass is 10.1. The third kappa shape index (κ3) is 3.10. The summed E-state index contributed by atoms with van der Waals surface area (Å²) < 4.78 is 1.62. The van der Waals surface area contributed by atoms with Crippen molar-refractivity contribution in [2.45, 2.75) is 25.1 Å². The number of amides is 1. The van der Waals surface area contributed by atoms with Gasteiger partial charge in [-0.05, 0) is 31.0 Å². The molecule has 0 aliphatic rings. The Morgan fingerprint density at radius 3 is 2.75 bits per heavy atom. The predicted molar refractivity (Wildman–Crippen MR) is 84.3 cm³/mol. The lowest BCUT2D eigenvalue weighted by molar-refractivity contribution is 0.101. The zero-order valence-corrected chi connectivity index (χ0v) is 13.4. The number of nitrogens with one attached hydrogen (secondary N) is 1. The van der Waals surface area contributed by atoms with Crippen molar-refractivity contribution in [2.24, 2.45) is 7.05 Å². The van der Waals surface area contributed by atoms with Crippen LogP contribution in [0.1, 0.15) is 40.4 Å². The van der Waals surface area contributed by atoms with Crippen molar-refractivity contribution in [3.8, 4) is 0 Å². The van der Waals surface area contributed by atoms with Crippen LogP contribution in [0.2, 0.25) is 0 Å². The second kappa shape index (κ2) is 6.22. The van der Waals surface area contributed by atoms with E-state index in [1.165, 1.54) is 0 Å². The Balaban J connectivity index is 2.25. The van der Waals surface area contributed by atoms with Crippen LogP contribution in [0, 0.1) is 0 Å². The molecule has 1 N–H and O–H groups in total. The average Bonchev–Trinajstić information content (AvgIpc) is 2.80. The van der Waals surface area contributed by atoms with E-state index in [2.05, 4.69) is 26.3 Å². The molecule has 0 saturated heterocycles. The summed E-state index contributed by atoms with van der Waals surface area (Å²) in [6, 6.07) is 9.60. The topological polar surface area (TPSA) is 46.9 Å². The molecule has 1 unspecified atom stereocenters. The van der Waals surface area contributed by atoms with Crippen LogP contribution in [0.3, 0.4) is 0 Å². The summed E-state index contributed by atoms with van der Waals surface area (Å²) in [5.74, 6) is -0.139. The minimum Gasteiger partial charge on any atom is -0.320 e. The molecule has 0 aliphatic heterocycles. The second-order valence-electron chi connectivity index (χ2n) is 4.66. The first-order valence-corrected chi connectivity index (χ1v) is 7.51. The highest BCUT2D eigenvalue weighted by Gasteiger charge is 2.15. The first-order chi connectivity index (χ1) is 9.52. The molecule has 20 heavy (non-hydrogen) atoms. The van der Waals surface area contributed by atoms with Gasteiger partial charge in [0, 0.05) is 17.6 Å². The van der Waals surface area contributed by atoms with Gasteiger partial charge in [-0.15, -0.1) is 0 Å². The van der Waals surface area contributed by atoms with Gasteiger partial charge in [0.05, 0.1) is 5.69 Å². The molecule has 1 heterocycles. The Labute approximate surface area is 127 Å². The van der Waals surface area contributed by atoms with Gasteiger partial charge in [0.2, 0.25) is 0 Å². The van der Waals surface area contributed by atoms with E-state index in [9.17, 15) is 4.79 Å². The van der Waals surface area contributed by atoms with E-state index in [0.717, 1.165) is 23.4 Å². The third-order valence-corrected chi connectivity index (χ3v) is 3.66. The number of rotatable bonds is 4. The van der Waals surface area contributed by atoms with Crippen LogP contribution < -0.4 is 5.32 Å². The Hall–Kier alpha value is -1.62. The van der Waals surface area contributed by atoms with Crippen LogP contribution in [-0.4, -0.2) is 15.7 Å². The van der Waals surface area contributed by atoms with Crippen LogP contribution in [0.25, 0.3) is 0 Å². The predicted octanol–water partition coefficient (Wildman–Crippen LogP) is 3.69. The van der Waals surface area contributed by atoms with Gasteiger partial charge < -0.3 is 5.32 Å². The lowest BCUT2D eigenvalue weighted by Gasteiger charge is -2.12. The molecule has 0 radical (unpaired) electrons. The van der Waals surface area contributed by atoms with Crippen molar-refractivity contribution in [3.63, 3.8) is 0 Å². The smallest absolute Gasteiger partial charge is 0.273 e. The average molecular weight is 336 g/mol. The molecule has 0 saturated carbocycles. The number of halogens is 1. The number of anilines is 1. The zero-order chi connectivity index (χ0) is 14.7. The Morgan fingerprint density at radius 1 is 1.45 bits per heavy atom. The molecule has 5 heteroatoms. The van der Waals surface area contributed by atoms with Gasteiger partial charge >= 0.3 is 0 Å². The number of hydrogen-bond acceptors (Lipinski definition) is 2. The fraction of sp³-hybridized carbons (Fsp3) is 0.333. The normalized spacial score (nSPS) is 12.2. The number of benzene rings is 1. The first-order valence-electron chi connectivity index (χ1n) is 6.60. The van der Waals surface area contributed by atoms with Crippen LogP contribution >= 0.6 is 15.9 Å². The van der Waals surface area contributed by atoms with Gasteiger partial charge in [-0.3, -0.25) is 9.48 Å². The molecule has 4 nitrogen and oxygen atoms in total. The minimum atomic E-state index is -0.139. The maximum absolute atomic E-state index is 12.4. The molecular formula is C15H18BrN3O. The number of para-hydroxylation sites is 1. The minimum absolute atomic E-state index is 0.139. The largest absolute Gasteiger partial charge is 0.320 e. The number of nitrogens with zero attached hydrogens (tertiary/aromatic N) is 2. The van der Waals surface area contributed by atoms with Gasteiger partial charge in [-0.1, -0.05) is 41.1 Å². The van der Waals surface area contributed by atoms with Crippen molar-refractivity contribution in [2.75, 3.05) is 5.32 Å². The maximum Gasteiger partial charge on any atom is 0.273 e. The van der Waals surface area contributed by atoms with Crippen LogP contribution in [0.15, 0.2) is 30.3 Å². The molecule has 1 aromatic carbocycles. The Kier molecular flexibility index (Phi) is 4.60. The van der Waals surface area contributed by atoms with E-state index < -0.39 is 0 Å². The SMILES string of the molecule is CCc1cc(C(=O)Nc2ccccc2C(C)Br)n(C)n1. The number of aryl methyl sites for hydroxylation is 2. The van der Waals surface area contributed by atoms with Crippen molar-refractivity contribution < 1.29 is 4.79 Å². The zero-order valence-electron chi connectivity index (χ0n) is 11.9. The summed E-state index contributed by atoms with van der Waals surface area (Å²) in [6.07, 6.45) is 0.816. The van der Waals surface area contributed by atoms with E-state index in [4.69, 9.17) is 0 Å². The van der Waals surface area contributed by atoms with E-state index in [1.807, 2.05) is 44.2 Å². The standard InChI is InChI=1S/C15H18BrN3O/c1-4-11-9-14(19(3)18-11)15(20)17-13-8-6-5-7-12(13)10(2)16/h5-10H,4H2,1-3H3,(H,17,20). The van der Waals surface area contributed by atoms with Gasteiger partial charge in [0.25, 0.3) is 5.91 Å². The number of alkyl halides is 1. The molecule has 0 fully saturated rings. The summed E-state index contributed by atoms with van der Waals surface area (Å²) in [4.78, 5) is 12.5. The van der Waals surface area contributed by atoms with E-state index in [1.54, 1.807) is 11.7 Å². The molecule has 106 valence electrons. The van der Waals surface area contributed by atoms with Crippen molar-refractivity contribution in [3.05, 3.63) is 47.3 Å². The first kappa shape index (κ1) is 14.8. The van der Waals surface area contributed by atoms with Crippen LogP contribution in [-0.2, 0) is 13.5 Å². The number of hydrogen-bond donors (Lipinski definition) is 1. The van der Waals surface area contributed by atoms with Crippen molar-refractivity contribution in [1.29, 1.82) is 0 Å². The molecule has 0 aliphatic carbocycles. The monoisotopic (exact) mass is 335 g/mol. The summed E-state index contributed by atoms with van der Waals surface area (Å²) in [5, 5.41) is 7.25. The maximum atomic E-state index is 12.4. The second-order valence-corrected chi connectivity index (χ2v) is 6.03. The molecule has 2 rings (SSSR count). The summed E-state index contributed by atoms with van der Waals surface area (Å²) in [6.45, 7) is 4.05. The molecular weight excluding hydrogens is 318 g/mol. The quantitative estimate of drug-likeness (QED) is 0.866. The molecule has 0 bridgehead atoms. The van der Waals surface area contributed by atoms with Gasteiger partial charge in [-0.25, -0.2) is 0 Å². The molecule has 1 aromatic heterocycles. The molecule has 1 atom stereocenters. The van der Waals surface area contributed by atoms with E-state index in [-0.39, 0.29) is 10.7 Å². The molecule has 2 aromatic rings. The highest BCUT2D eigenvalue weighted by atomic mass is 79.9. The number of carbonyl (C=O) groups is 1. The molecule has 1 amide bonds. The number of carbonyl (C=O) groups excluding carboxylic acids is 1. The van der Waals surface area contributed by atoms with Crippen LogP contribution in [0.5, 0.6) is 0 Å². The fourth-order valence-electron chi connectivity index (χ4n) is 2.06. The summed E-state index contributed by atoms with van der Waals surface area (Å²) in [5.41, 5.74) is 3.36. The Bertz CT molecular complexity index is 619. The highest BCUT2D eigenvalue weighted by molar-refractivity contribution is 9.09. The lowest BCUT2D eigenvalue weighted by Crippen LogP contribution is -2.17.